The third-order valence-corrected chi connectivity index (χ3v) is 2.34. The first kappa shape index (κ1) is 12.6. The molecule has 2 N–H and O–H groups in total. The van der Waals surface area contributed by atoms with Gasteiger partial charge in [0.25, 0.3) is 5.69 Å². The Morgan fingerprint density at radius 3 is 2.50 bits per heavy atom. The highest BCUT2D eigenvalue weighted by atomic mass is 16.6. The van der Waals surface area contributed by atoms with Crippen molar-refractivity contribution in [3.05, 3.63) is 39.9 Å². The molecule has 0 radical (unpaired) electrons. The van der Waals surface area contributed by atoms with E-state index in [2.05, 4.69) is 5.32 Å². The van der Waals surface area contributed by atoms with Crippen LogP contribution < -0.4 is 5.32 Å². The van der Waals surface area contributed by atoms with Crippen LogP contribution in [0.15, 0.2) is 24.3 Å². The zero-order chi connectivity index (χ0) is 12.0. The number of hydrogen-bond acceptors (Lipinski definition) is 4. The molecular formula is C11H16N2O3. The van der Waals surface area contributed by atoms with Crippen molar-refractivity contribution in [1.82, 2.24) is 5.32 Å². The SMILES string of the molecule is CCN[C@H](CO)Cc1ccc([N+](=O)[O-])cc1. The monoisotopic (exact) mass is 224 g/mol. The average molecular weight is 224 g/mol. The van der Waals surface area contributed by atoms with Crippen LogP contribution in [-0.2, 0) is 6.42 Å². The van der Waals surface area contributed by atoms with E-state index in [0.29, 0.717) is 6.42 Å². The Labute approximate surface area is 94.3 Å². The standard InChI is InChI=1S/C11H16N2O3/c1-2-12-10(8-14)7-9-3-5-11(6-4-9)13(15)16/h3-6,10,12,14H,2,7-8H2,1H3/t10-/m0/s1. The van der Waals surface area contributed by atoms with E-state index in [1.165, 1.54) is 12.1 Å². The molecule has 0 aliphatic rings. The maximum absolute atomic E-state index is 10.4. The lowest BCUT2D eigenvalue weighted by Crippen LogP contribution is -2.34. The third-order valence-electron chi connectivity index (χ3n) is 2.34. The molecule has 0 saturated heterocycles. The van der Waals surface area contributed by atoms with Crippen LogP contribution in [0, 0.1) is 10.1 Å². The number of nitro groups is 1. The molecule has 0 saturated carbocycles. The highest BCUT2D eigenvalue weighted by Crippen LogP contribution is 2.13. The van der Waals surface area contributed by atoms with Gasteiger partial charge in [-0.1, -0.05) is 19.1 Å². The van der Waals surface area contributed by atoms with Crippen LogP contribution in [0.1, 0.15) is 12.5 Å². The molecule has 1 atom stereocenters. The van der Waals surface area contributed by atoms with Gasteiger partial charge in [-0.15, -0.1) is 0 Å². The number of aliphatic hydroxyl groups is 1. The molecule has 0 aliphatic heterocycles. The Hall–Kier alpha value is -1.46. The fourth-order valence-corrected chi connectivity index (χ4v) is 1.53. The lowest BCUT2D eigenvalue weighted by atomic mass is 10.1. The van der Waals surface area contributed by atoms with Crippen molar-refractivity contribution in [2.75, 3.05) is 13.2 Å². The number of benzene rings is 1. The maximum atomic E-state index is 10.4. The molecule has 0 heterocycles. The lowest BCUT2D eigenvalue weighted by Gasteiger charge is -2.14. The molecule has 0 fully saturated rings. The van der Waals surface area contributed by atoms with Gasteiger partial charge in [0.05, 0.1) is 11.5 Å². The molecule has 1 rings (SSSR count). The zero-order valence-corrected chi connectivity index (χ0v) is 9.22. The molecule has 0 amide bonds. The minimum atomic E-state index is -0.419. The Balaban J connectivity index is 2.63. The molecular weight excluding hydrogens is 208 g/mol. The summed E-state index contributed by atoms with van der Waals surface area (Å²) in [6, 6.07) is 6.41. The van der Waals surface area contributed by atoms with E-state index in [-0.39, 0.29) is 18.3 Å². The van der Waals surface area contributed by atoms with Crippen molar-refractivity contribution in [3.8, 4) is 0 Å². The number of nitrogens with one attached hydrogen (secondary N) is 1. The van der Waals surface area contributed by atoms with Crippen LogP contribution in [0.2, 0.25) is 0 Å². The van der Waals surface area contributed by atoms with E-state index in [9.17, 15) is 10.1 Å². The summed E-state index contributed by atoms with van der Waals surface area (Å²) in [5, 5.41) is 22.7. The minimum Gasteiger partial charge on any atom is -0.395 e. The van der Waals surface area contributed by atoms with Crippen LogP contribution >= 0.6 is 0 Å². The van der Waals surface area contributed by atoms with E-state index in [1.54, 1.807) is 12.1 Å². The fraction of sp³-hybridized carbons (Fsp3) is 0.455. The smallest absolute Gasteiger partial charge is 0.269 e. The van der Waals surface area contributed by atoms with E-state index < -0.39 is 4.92 Å². The first-order valence-corrected chi connectivity index (χ1v) is 5.25. The predicted molar refractivity (Wildman–Crippen MR) is 61.4 cm³/mol. The maximum Gasteiger partial charge on any atom is 0.269 e. The van der Waals surface area contributed by atoms with E-state index in [1.807, 2.05) is 6.92 Å². The summed E-state index contributed by atoms with van der Waals surface area (Å²) >= 11 is 0. The van der Waals surface area contributed by atoms with Gasteiger partial charge < -0.3 is 10.4 Å². The summed E-state index contributed by atoms with van der Waals surface area (Å²) in [6.07, 6.45) is 0.669. The Morgan fingerprint density at radius 2 is 2.06 bits per heavy atom. The van der Waals surface area contributed by atoms with Crippen molar-refractivity contribution in [1.29, 1.82) is 0 Å². The van der Waals surface area contributed by atoms with Gasteiger partial charge in [0.1, 0.15) is 0 Å². The number of aliphatic hydroxyl groups excluding tert-OH is 1. The minimum absolute atomic E-state index is 0.00598. The number of nitro benzene ring substituents is 1. The molecule has 1 aromatic rings. The van der Waals surface area contributed by atoms with E-state index in [4.69, 9.17) is 5.11 Å². The molecule has 88 valence electrons. The van der Waals surface area contributed by atoms with Crippen LogP contribution in [-0.4, -0.2) is 29.2 Å². The molecule has 0 aliphatic carbocycles. The highest BCUT2D eigenvalue weighted by molar-refractivity contribution is 5.33. The number of nitrogens with zero attached hydrogens (tertiary/aromatic N) is 1. The molecule has 0 unspecified atom stereocenters. The van der Waals surface area contributed by atoms with Crippen molar-refractivity contribution >= 4 is 5.69 Å². The van der Waals surface area contributed by atoms with Gasteiger partial charge in [0.2, 0.25) is 0 Å². The van der Waals surface area contributed by atoms with Crippen molar-refractivity contribution in [3.63, 3.8) is 0 Å². The summed E-state index contributed by atoms with van der Waals surface area (Å²) in [4.78, 5) is 10.0. The number of hydrogen-bond donors (Lipinski definition) is 2. The molecule has 0 spiro atoms. The predicted octanol–water partition coefficient (Wildman–Crippen LogP) is 1.11. The largest absolute Gasteiger partial charge is 0.395 e. The molecule has 5 nitrogen and oxygen atoms in total. The molecule has 0 bridgehead atoms. The van der Waals surface area contributed by atoms with Gasteiger partial charge in [-0.25, -0.2) is 0 Å². The van der Waals surface area contributed by atoms with Gasteiger partial charge in [-0.2, -0.15) is 0 Å². The van der Waals surface area contributed by atoms with Gasteiger partial charge in [0, 0.05) is 18.2 Å². The van der Waals surface area contributed by atoms with E-state index >= 15 is 0 Å². The lowest BCUT2D eigenvalue weighted by molar-refractivity contribution is -0.384. The fourth-order valence-electron chi connectivity index (χ4n) is 1.53. The molecule has 0 aromatic heterocycles. The average Bonchev–Trinajstić information content (AvgIpc) is 2.29. The van der Waals surface area contributed by atoms with Gasteiger partial charge in [0.15, 0.2) is 0 Å². The Morgan fingerprint density at radius 1 is 1.44 bits per heavy atom. The first-order valence-electron chi connectivity index (χ1n) is 5.25. The van der Waals surface area contributed by atoms with Crippen LogP contribution in [0.3, 0.4) is 0 Å². The van der Waals surface area contributed by atoms with Crippen molar-refractivity contribution in [2.45, 2.75) is 19.4 Å². The normalized spacial score (nSPS) is 12.4. The Bertz CT molecular complexity index is 338. The molecule has 1 aromatic carbocycles. The molecule has 16 heavy (non-hydrogen) atoms. The third kappa shape index (κ3) is 3.60. The van der Waals surface area contributed by atoms with E-state index in [0.717, 1.165) is 12.1 Å². The zero-order valence-electron chi connectivity index (χ0n) is 9.22. The summed E-state index contributed by atoms with van der Waals surface area (Å²) in [5.41, 5.74) is 1.07. The van der Waals surface area contributed by atoms with Crippen LogP contribution in [0.5, 0.6) is 0 Å². The quantitative estimate of drug-likeness (QED) is 0.560. The number of likely N-dealkylation sites (N-methyl/N-ethyl adjacent to an activating group) is 1. The van der Waals surface area contributed by atoms with Crippen LogP contribution in [0.25, 0.3) is 0 Å². The highest BCUT2D eigenvalue weighted by Gasteiger charge is 2.08. The molecule has 5 heteroatoms. The van der Waals surface area contributed by atoms with Gasteiger partial charge in [-0.05, 0) is 18.5 Å². The second kappa shape index (κ2) is 6.19. The number of rotatable bonds is 6. The Kier molecular flexibility index (Phi) is 4.88. The summed E-state index contributed by atoms with van der Waals surface area (Å²) in [6.45, 7) is 2.82. The summed E-state index contributed by atoms with van der Waals surface area (Å²) < 4.78 is 0. The van der Waals surface area contributed by atoms with Crippen molar-refractivity contribution in [2.24, 2.45) is 0 Å². The first-order chi connectivity index (χ1) is 7.67. The summed E-state index contributed by atoms with van der Waals surface area (Å²) in [7, 11) is 0. The van der Waals surface area contributed by atoms with Gasteiger partial charge >= 0.3 is 0 Å². The second-order valence-electron chi connectivity index (χ2n) is 3.56. The van der Waals surface area contributed by atoms with Crippen LogP contribution in [0.4, 0.5) is 5.69 Å². The summed E-state index contributed by atoms with van der Waals surface area (Å²) in [5.74, 6) is 0. The number of non-ortho nitro benzene ring substituents is 1. The topological polar surface area (TPSA) is 75.4 Å². The van der Waals surface area contributed by atoms with Crippen molar-refractivity contribution < 1.29 is 10.0 Å². The second-order valence-corrected chi connectivity index (χ2v) is 3.56. The van der Waals surface area contributed by atoms with Gasteiger partial charge in [-0.3, -0.25) is 10.1 Å².